The molecule has 0 amide bonds. The van der Waals surface area contributed by atoms with Crippen LogP contribution in [0.1, 0.15) is 77.6 Å². The minimum Gasteiger partial charge on any atom is -0.392 e. The second kappa shape index (κ2) is 13.8. The Hall–Kier alpha value is -1.30. The van der Waals surface area contributed by atoms with Crippen LogP contribution in [0.4, 0.5) is 0 Å². The monoisotopic (exact) mass is 408 g/mol. The molecule has 0 bridgehead atoms. The molecule has 0 aromatic carbocycles. The highest BCUT2D eigenvalue weighted by atomic mass is 16.5. The van der Waals surface area contributed by atoms with Crippen LogP contribution in [0.25, 0.3) is 0 Å². The summed E-state index contributed by atoms with van der Waals surface area (Å²) in [5.41, 5.74) is -1.08. The van der Waals surface area contributed by atoms with Crippen molar-refractivity contribution < 1.29 is 24.5 Å². The van der Waals surface area contributed by atoms with E-state index in [1.54, 1.807) is 12.2 Å². The molecule has 0 radical (unpaired) electrons. The maximum atomic E-state index is 12.3. The third kappa shape index (κ3) is 9.37. The number of methoxy groups -OCH3 is 1. The van der Waals surface area contributed by atoms with Gasteiger partial charge in [-0.25, -0.2) is 0 Å². The second-order valence-electron chi connectivity index (χ2n) is 8.36. The van der Waals surface area contributed by atoms with Crippen molar-refractivity contribution >= 4 is 11.6 Å². The fourth-order valence-corrected chi connectivity index (χ4v) is 4.05. The highest BCUT2D eigenvalue weighted by Crippen LogP contribution is 2.35. The molecule has 0 aromatic heterocycles. The van der Waals surface area contributed by atoms with Gasteiger partial charge in [-0.2, -0.15) is 0 Å². The predicted molar refractivity (Wildman–Crippen MR) is 116 cm³/mol. The highest BCUT2D eigenvalue weighted by Gasteiger charge is 2.39. The molecule has 0 aliphatic heterocycles. The van der Waals surface area contributed by atoms with Crippen LogP contribution in [0.3, 0.4) is 0 Å². The normalized spacial score (nSPS) is 24.1. The molecule has 5 nitrogen and oxygen atoms in total. The van der Waals surface area contributed by atoms with E-state index >= 15 is 0 Å². The molecule has 1 aliphatic rings. The van der Waals surface area contributed by atoms with Gasteiger partial charge in [0.25, 0.3) is 0 Å². The smallest absolute Gasteiger partial charge is 0.158 e. The van der Waals surface area contributed by atoms with Gasteiger partial charge in [0.2, 0.25) is 0 Å². The van der Waals surface area contributed by atoms with Crippen molar-refractivity contribution in [1.29, 1.82) is 0 Å². The van der Waals surface area contributed by atoms with Gasteiger partial charge in [-0.05, 0) is 25.7 Å². The van der Waals surface area contributed by atoms with Crippen LogP contribution in [-0.4, -0.2) is 47.2 Å². The number of rotatable bonds is 16. The van der Waals surface area contributed by atoms with E-state index in [-0.39, 0.29) is 36.4 Å². The molecule has 0 aromatic rings. The average Bonchev–Trinajstić information content (AvgIpc) is 2.96. The van der Waals surface area contributed by atoms with E-state index in [0.717, 1.165) is 51.4 Å². The lowest BCUT2D eigenvalue weighted by atomic mass is 9.86. The molecular weight excluding hydrogens is 368 g/mol. The first-order valence-corrected chi connectivity index (χ1v) is 11.1. The van der Waals surface area contributed by atoms with Gasteiger partial charge in [-0.1, -0.05) is 63.8 Å². The third-order valence-corrected chi connectivity index (χ3v) is 5.90. The topological polar surface area (TPSA) is 83.8 Å². The Labute approximate surface area is 176 Å². The number of aliphatic hydroxyl groups is 2. The summed E-state index contributed by atoms with van der Waals surface area (Å²) in [6, 6.07) is 0. The third-order valence-electron chi connectivity index (χ3n) is 5.90. The number of hydrogen-bond donors (Lipinski definition) is 2. The first-order chi connectivity index (χ1) is 13.9. The number of carbonyl (C=O) groups excluding carboxylic acids is 2. The number of ketones is 2. The van der Waals surface area contributed by atoms with E-state index in [9.17, 15) is 19.8 Å². The van der Waals surface area contributed by atoms with Gasteiger partial charge >= 0.3 is 0 Å². The minimum absolute atomic E-state index is 0.107. The van der Waals surface area contributed by atoms with E-state index in [1.807, 2.05) is 6.08 Å². The molecule has 2 N–H and O–H groups in total. The van der Waals surface area contributed by atoms with Crippen LogP contribution in [0.2, 0.25) is 0 Å². The Bertz CT molecular complexity index is 541. The average molecular weight is 409 g/mol. The van der Waals surface area contributed by atoms with Crippen LogP contribution >= 0.6 is 0 Å². The van der Waals surface area contributed by atoms with E-state index < -0.39 is 11.7 Å². The van der Waals surface area contributed by atoms with Gasteiger partial charge in [-0.3, -0.25) is 9.59 Å². The molecule has 1 rings (SSSR count). The molecule has 1 aliphatic carbocycles. The van der Waals surface area contributed by atoms with Gasteiger partial charge in [0.15, 0.2) is 5.78 Å². The van der Waals surface area contributed by atoms with E-state index in [1.165, 1.54) is 7.11 Å². The maximum Gasteiger partial charge on any atom is 0.158 e. The first kappa shape index (κ1) is 25.7. The number of aliphatic hydroxyl groups excluding tert-OH is 1. The zero-order valence-corrected chi connectivity index (χ0v) is 18.3. The Morgan fingerprint density at radius 2 is 1.97 bits per heavy atom. The number of carbonyl (C=O) groups is 2. The van der Waals surface area contributed by atoms with Crippen molar-refractivity contribution in [1.82, 2.24) is 0 Å². The predicted octanol–water partition coefficient (Wildman–Crippen LogP) is 4.16. The fourth-order valence-electron chi connectivity index (χ4n) is 4.05. The van der Waals surface area contributed by atoms with Gasteiger partial charge in [0, 0.05) is 31.8 Å². The summed E-state index contributed by atoms with van der Waals surface area (Å²) in [5, 5.41) is 21.0. The standard InChI is InChI=1S/C24H40O5/c1-4-6-11-15-24(28,5-2)16-14-21-20(22(26)17-23(21)27)13-10-8-7-9-12-19(25)18-29-3/h5,14,16,20-21,23,27-28H,2,4,6-13,15,17-18H2,1,3H3/t20-,21-,23-,24?/m1/s1. The first-order valence-electron chi connectivity index (χ1n) is 11.1. The minimum atomic E-state index is -1.08. The van der Waals surface area contributed by atoms with Gasteiger partial charge in [0.1, 0.15) is 18.0 Å². The van der Waals surface area contributed by atoms with Crippen molar-refractivity contribution in [2.75, 3.05) is 13.7 Å². The van der Waals surface area contributed by atoms with Crippen molar-refractivity contribution in [3.05, 3.63) is 24.8 Å². The van der Waals surface area contributed by atoms with Crippen LogP contribution in [0.5, 0.6) is 0 Å². The van der Waals surface area contributed by atoms with Crippen LogP contribution in [-0.2, 0) is 14.3 Å². The highest BCUT2D eigenvalue weighted by molar-refractivity contribution is 5.84. The summed E-state index contributed by atoms with van der Waals surface area (Å²) < 4.78 is 4.82. The van der Waals surface area contributed by atoms with Crippen molar-refractivity contribution in [3.63, 3.8) is 0 Å². The lowest BCUT2D eigenvalue weighted by Crippen LogP contribution is -2.25. The van der Waals surface area contributed by atoms with Crippen LogP contribution in [0, 0.1) is 11.8 Å². The zero-order chi connectivity index (χ0) is 21.7. The van der Waals surface area contributed by atoms with E-state index in [0.29, 0.717) is 12.8 Å². The lowest BCUT2D eigenvalue weighted by molar-refractivity contribution is -0.123. The number of Topliss-reactive ketones (excluding diaryl/α,β-unsaturated/α-hetero) is 2. The summed E-state index contributed by atoms with van der Waals surface area (Å²) in [6.45, 7) is 6.04. The molecule has 1 fully saturated rings. The molecule has 166 valence electrons. The van der Waals surface area contributed by atoms with Crippen LogP contribution in [0.15, 0.2) is 24.8 Å². The van der Waals surface area contributed by atoms with Crippen LogP contribution < -0.4 is 0 Å². The molecule has 1 unspecified atom stereocenters. The molecule has 1 saturated carbocycles. The van der Waals surface area contributed by atoms with E-state index in [4.69, 9.17) is 4.74 Å². The maximum absolute atomic E-state index is 12.3. The molecule has 5 heteroatoms. The molecule has 29 heavy (non-hydrogen) atoms. The molecular formula is C24H40O5. The van der Waals surface area contributed by atoms with Crippen molar-refractivity contribution in [2.45, 2.75) is 89.3 Å². The van der Waals surface area contributed by atoms with Crippen molar-refractivity contribution in [3.8, 4) is 0 Å². The summed E-state index contributed by atoms with van der Waals surface area (Å²) in [5.74, 6) is -0.208. The Balaban J connectivity index is 2.51. The Morgan fingerprint density at radius 3 is 2.62 bits per heavy atom. The van der Waals surface area contributed by atoms with Gasteiger partial charge < -0.3 is 14.9 Å². The largest absolute Gasteiger partial charge is 0.392 e. The van der Waals surface area contributed by atoms with Gasteiger partial charge in [0.05, 0.1) is 6.10 Å². The zero-order valence-electron chi connectivity index (χ0n) is 18.3. The van der Waals surface area contributed by atoms with Gasteiger partial charge in [-0.15, -0.1) is 0 Å². The number of hydrogen-bond acceptors (Lipinski definition) is 5. The fraction of sp³-hybridized carbons (Fsp3) is 0.750. The quantitative estimate of drug-likeness (QED) is 0.296. The summed E-state index contributed by atoms with van der Waals surface area (Å²) >= 11 is 0. The lowest BCUT2D eigenvalue weighted by Gasteiger charge is -2.23. The molecule has 0 heterocycles. The summed E-state index contributed by atoms with van der Waals surface area (Å²) in [6.07, 6.45) is 13.2. The molecule has 4 atom stereocenters. The summed E-state index contributed by atoms with van der Waals surface area (Å²) in [4.78, 5) is 23.8. The Kier molecular flexibility index (Phi) is 12.3. The second-order valence-corrected chi connectivity index (χ2v) is 8.36. The van der Waals surface area contributed by atoms with Crippen molar-refractivity contribution in [2.24, 2.45) is 11.8 Å². The molecule has 0 spiro atoms. The van der Waals surface area contributed by atoms with E-state index in [2.05, 4.69) is 13.5 Å². The SMILES string of the molecule is C=CC(O)(C=C[C@H]1[C@H](O)CC(=O)[C@@H]1CCCCCCC(=O)COC)CCCCC. The summed E-state index contributed by atoms with van der Waals surface area (Å²) in [7, 11) is 1.52. The molecule has 0 saturated heterocycles. The Morgan fingerprint density at radius 1 is 1.24 bits per heavy atom. The number of ether oxygens (including phenoxy) is 1. The number of unbranched alkanes of at least 4 members (excludes halogenated alkanes) is 5.